The Balaban J connectivity index is -0.000000393. The highest BCUT2D eigenvalue weighted by molar-refractivity contribution is 5.64. The Labute approximate surface area is 188 Å². The molecule has 2 N–H and O–H groups in total. The minimum absolute atomic E-state index is 0.0855. The lowest BCUT2D eigenvalue weighted by Crippen LogP contribution is -2.10. The third kappa shape index (κ3) is 23.6. The molecule has 0 radical (unpaired) electrons. The number of rotatable bonds is 7. The first-order valence-corrected chi connectivity index (χ1v) is 10.4. The Morgan fingerprint density at radius 3 is 2.03 bits per heavy atom. The highest BCUT2D eigenvalue weighted by Crippen LogP contribution is 2.22. The van der Waals surface area contributed by atoms with Gasteiger partial charge in [0.2, 0.25) is 0 Å². The van der Waals surface area contributed by atoms with Gasteiger partial charge in [-0.3, -0.25) is 14.2 Å². The standard InChI is InChI=1S/C11H18FN.C10H15N.C4H6O.CH3F/c1-4-5-8-11(12)9-6-7-10(2)13-3;1-10(2,3)8-4-6-9(11)7-5-8;1-2-3-4-5;1-2/h5-8,10-11H,3-4,9H2,1-2H3;4-7H,11H2,1-3H3;2-4H,1H3;1H3/b7-6+,8-5-;;3-2+;. The molecule has 0 aliphatic heterocycles. The number of nitrogens with two attached hydrogens (primary N) is 1. The minimum atomic E-state index is -0.867. The van der Waals surface area contributed by atoms with E-state index in [-0.39, 0.29) is 11.5 Å². The number of allylic oxidation sites excluding steroid dienone is 5. The van der Waals surface area contributed by atoms with Crippen molar-refractivity contribution in [3.05, 3.63) is 66.3 Å². The molecule has 0 bridgehead atoms. The molecule has 0 heterocycles. The quantitative estimate of drug-likeness (QED) is 0.161. The maximum Gasteiger partial charge on any atom is 0.142 e. The fourth-order valence-corrected chi connectivity index (χ4v) is 1.89. The molecule has 31 heavy (non-hydrogen) atoms. The number of carbonyl (C=O) groups excluding carboxylic acids is 1. The smallest absolute Gasteiger partial charge is 0.142 e. The van der Waals surface area contributed by atoms with Crippen molar-refractivity contribution in [3.8, 4) is 0 Å². The topological polar surface area (TPSA) is 55.5 Å². The van der Waals surface area contributed by atoms with Crippen LogP contribution >= 0.6 is 0 Å². The van der Waals surface area contributed by atoms with Gasteiger partial charge in [0.15, 0.2) is 0 Å². The van der Waals surface area contributed by atoms with Crippen LogP contribution in [0.1, 0.15) is 59.9 Å². The number of aliphatic imine (C=N–C) groups is 1. The fourth-order valence-electron chi connectivity index (χ4n) is 1.89. The van der Waals surface area contributed by atoms with Crippen LogP contribution in [0.5, 0.6) is 0 Å². The molecule has 1 rings (SSSR count). The molecular formula is C26H42F2N2O. The van der Waals surface area contributed by atoms with Gasteiger partial charge in [-0.25, -0.2) is 4.39 Å². The SMILES string of the molecule is C/C=C/C=O.C=NC(C)/C=C/CC(F)/C=C\CC.CC(C)(C)c1ccc(N)cc1.CF. The van der Waals surface area contributed by atoms with Crippen LogP contribution in [0.15, 0.2) is 65.7 Å². The van der Waals surface area contributed by atoms with Crippen LogP contribution in [-0.4, -0.2) is 32.4 Å². The van der Waals surface area contributed by atoms with Crippen molar-refractivity contribution in [1.29, 1.82) is 0 Å². The van der Waals surface area contributed by atoms with E-state index in [1.54, 1.807) is 19.1 Å². The highest BCUT2D eigenvalue weighted by Gasteiger charge is 2.12. The second-order valence-corrected chi connectivity index (χ2v) is 7.47. The van der Waals surface area contributed by atoms with E-state index in [1.165, 1.54) is 11.6 Å². The molecular weight excluding hydrogens is 394 g/mol. The minimum Gasteiger partial charge on any atom is -0.399 e. The van der Waals surface area contributed by atoms with E-state index in [1.807, 2.05) is 44.2 Å². The van der Waals surface area contributed by atoms with Crippen LogP contribution in [-0.2, 0) is 10.2 Å². The number of benzene rings is 1. The maximum absolute atomic E-state index is 13.0. The van der Waals surface area contributed by atoms with Gasteiger partial charge >= 0.3 is 0 Å². The number of halogens is 2. The van der Waals surface area contributed by atoms with Crippen molar-refractivity contribution in [1.82, 2.24) is 0 Å². The number of carbonyl (C=O) groups is 1. The molecule has 0 saturated heterocycles. The molecule has 0 aliphatic rings. The van der Waals surface area contributed by atoms with Crippen molar-refractivity contribution in [3.63, 3.8) is 0 Å². The number of hydrogen-bond donors (Lipinski definition) is 1. The number of aldehydes is 1. The van der Waals surface area contributed by atoms with E-state index in [4.69, 9.17) is 5.73 Å². The van der Waals surface area contributed by atoms with Gasteiger partial charge in [0.1, 0.15) is 12.5 Å². The van der Waals surface area contributed by atoms with Crippen molar-refractivity contribution in [2.45, 2.75) is 72.0 Å². The molecule has 0 saturated carbocycles. The normalized spacial score (nSPS) is 12.7. The molecule has 0 fully saturated rings. The summed E-state index contributed by atoms with van der Waals surface area (Å²) in [5.74, 6) is 0. The first-order chi connectivity index (χ1) is 14.6. The number of alkyl halides is 2. The van der Waals surface area contributed by atoms with Gasteiger partial charge in [0, 0.05) is 12.1 Å². The van der Waals surface area contributed by atoms with Gasteiger partial charge in [-0.05, 0) is 56.2 Å². The molecule has 176 valence electrons. The second kappa shape index (κ2) is 22.1. The van der Waals surface area contributed by atoms with E-state index >= 15 is 0 Å². The lowest BCUT2D eigenvalue weighted by Gasteiger charge is -2.18. The molecule has 2 unspecified atom stereocenters. The van der Waals surface area contributed by atoms with E-state index in [0.29, 0.717) is 13.6 Å². The van der Waals surface area contributed by atoms with Gasteiger partial charge in [0.05, 0.1) is 13.2 Å². The van der Waals surface area contributed by atoms with Crippen LogP contribution in [0.2, 0.25) is 0 Å². The Morgan fingerprint density at radius 1 is 1.13 bits per heavy atom. The van der Waals surface area contributed by atoms with E-state index < -0.39 is 6.17 Å². The van der Waals surface area contributed by atoms with Gasteiger partial charge in [0.25, 0.3) is 0 Å². The molecule has 1 aromatic carbocycles. The molecule has 1 aromatic rings. The molecule has 0 aromatic heterocycles. The van der Waals surface area contributed by atoms with Crippen molar-refractivity contribution in [2.75, 3.05) is 12.9 Å². The summed E-state index contributed by atoms with van der Waals surface area (Å²) in [6.45, 7) is 15.7. The van der Waals surface area contributed by atoms with Gasteiger partial charge in [-0.1, -0.05) is 70.2 Å². The second-order valence-electron chi connectivity index (χ2n) is 7.47. The Bertz CT molecular complexity index is 630. The number of nitrogens with zero attached hydrogens (tertiary/aromatic N) is 1. The third-order valence-corrected chi connectivity index (χ3v) is 3.69. The zero-order valence-corrected chi connectivity index (χ0v) is 20.3. The summed E-state index contributed by atoms with van der Waals surface area (Å²) < 4.78 is 22.5. The van der Waals surface area contributed by atoms with Crippen LogP contribution in [0.4, 0.5) is 14.5 Å². The summed E-state index contributed by atoms with van der Waals surface area (Å²) in [6.07, 6.45) is 11.4. The first-order valence-electron chi connectivity index (χ1n) is 10.4. The number of anilines is 1. The molecule has 5 heteroatoms. The van der Waals surface area contributed by atoms with E-state index in [2.05, 4.69) is 44.6 Å². The zero-order valence-electron chi connectivity index (χ0n) is 20.3. The summed E-state index contributed by atoms with van der Waals surface area (Å²) in [5, 5.41) is 0. The fraction of sp³-hybridized carbons (Fsp3) is 0.462. The predicted molar refractivity (Wildman–Crippen MR) is 135 cm³/mol. The number of nitrogen functional groups attached to an aromatic ring is 1. The van der Waals surface area contributed by atoms with Crippen LogP contribution < -0.4 is 5.73 Å². The van der Waals surface area contributed by atoms with Crippen LogP contribution in [0, 0.1) is 0 Å². The van der Waals surface area contributed by atoms with Crippen molar-refractivity contribution < 1.29 is 13.6 Å². The van der Waals surface area contributed by atoms with Gasteiger partial charge in [-0.15, -0.1) is 0 Å². The average molecular weight is 437 g/mol. The summed E-state index contributed by atoms with van der Waals surface area (Å²) in [6, 6.07) is 8.13. The van der Waals surface area contributed by atoms with Gasteiger partial charge < -0.3 is 5.73 Å². The summed E-state index contributed by atoms with van der Waals surface area (Å²) >= 11 is 0. The van der Waals surface area contributed by atoms with E-state index in [0.717, 1.165) is 18.4 Å². The van der Waals surface area contributed by atoms with Crippen LogP contribution in [0.25, 0.3) is 0 Å². The molecule has 3 nitrogen and oxygen atoms in total. The summed E-state index contributed by atoms with van der Waals surface area (Å²) in [4.78, 5) is 13.1. The largest absolute Gasteiger partial charge is 0.399 e. The lowest BCUT2D eigenvalue weighted by molar-refractivity contribution is -0.104. The average Bonchev–Trinajstić information content (AvgIpc) is 2.74. The lowest BCUT2D eigenvalue weighted by atomic mass is 9.87. The summed E-state index contributed by atoms with van der Waals surface area (Å²) in [7, 11) is 0.500. The Hall–Kier alpha value is -2.56. The monoisotopic (exact) mass is 436 g/mol. The number of hydrogen-bond acceptors (Lipinski definition) is 3. The van der Waals surface area contributed by atoms with E-state index in [9.17, 15) is 13.6 Å². The molecule has 0 spiro atoms. The van der Waals surface area contributed by atoms with Crippen LogP contribution in [0.3, 0.4) is 0 Å². The van der Waals surface area contributed by atoms with Gasteiger partial charge in [-0.2, -0.15) is 0 Å². The van der Waals surface area contributed by atoms with Crippen molar-refractivity contribution in [2.24, 2.45) is 4.99 Å². The molecule has 2 atom stereocenters. The molecule has 0 aliphatic carbocycles. The highest BCUT2D eigenvalue weighted by atomic mass is 19.1. The maximum atomic E-state index is 13.0. The third-order valence-electron chi connectivity index (χ3n) is 3.69. The first kappa shape index (κ1) is 33.1. The van der Waals surface area contributed by atoms with Crippen molar-refractivity contribution >= 4 is 18.7 Å². The Kier molecular flexibility index (Phi) is 23.6. The molecule has 0 amide bonds. The zero-order chi connectivity index (χ0) is 24.7. The predicted octanol–water partition coefficient (Wildman–Crippen LogP) is 7.24. The Morgan fingerprint density at radius 2 is 1.68 bits per heavy atom. The summed E-state index contributed by atoms with van der Waals surface area (Å²) in [5.41, 5.74) is 7.96.